The number of fused-ring (bicyclic) bond motifs is 1. The minimum Gasteiger partial charge on any atom is -0.315 e. The molecule has 0 atom stereocenters. The molecule has 2 aromatic heterocycles. The molecule has 0 bridgehead atoms. The Labute approximate surface area is 155 Å². The Hall–Kier alpha value is -2.02. The monoisotopic (exact) mass is 393 g/mol. The van der Waals surface area contributed by atoms with Crippen LogP contribution in [0.4, 0.5) is 5.82 Å². The van der Waals surface area contributed by atoms with E-state index in [4.69, 9.17) is 23.2 Å². The van der Waals surface area contributed by atoms with E-state index >= 15 is 0 Å². The number of aromatic nitrogens is 2. The van der Waals surface area contributed by atoms with E-state index in [1.165, 1.54) is 0 Å². The average Bonchev–Trinajstić information content (AvgIpc) is 2.85. The van der Waals surface area contributed by atoms with Crippen molar-refractivity contribution in [2.75, 3.05) is 10.5 Å². The summed E-state index contributed by atoms with van der Waals surface area (Å²) in [6.07, 6.45) is 1.73. The number of pyridine rings is 1. The first-order chi connectivity index (χ1) is 12.0. The summed E-state index contributed by atoms with van der Waals surface area (Å²) in [5.74, 6) is 0.325. The van der Waals surface area contributed by atoms with Crippen LogP contribution in [0.1, 0.15) is 0 Å². The standard InChI is InChI=1S/C17H13Cl2N3O2S/c18-15-14(17-21-25(23,24)9-8-22(17)16(15)19)13-7-6-12(10-20-13)11-4-2-1-3-5-11/h1-7,10,21H,8-9H2. The van der Waals surface area contributed by atoms with Gasteiger partial charge in [0.1, 0.15) is 11.0 Å². The fourth-order valence-electron chi connectivity index (χ4n) is 2.86. The maximum atomic E-state index is 11.9. The number of rotatable bonds is 2. The van der Waals surface area contributed by atoms with Crippen LogP contribution in [0.3, 0.4) is 0 Å². The third kappa shape index (κ3) is 2.90. The lowest BCUT2D eigenvalue weighted by Crippen LogP contribution is -2.27. The molecule has 0 spiro atoms. The van der Waals surface area contributed by atoms with Gasteiger partial charge in [0.05, 0.1) is 22.0 Å². The van der Waals surface area contributed by atoms with Gasteiger partial charge in [-0.3, -0.25) is 9.71 Å². The fraction of sp³-hybridized carbons (Fsp3) is 0.118. The molecule has 3 heterocycles. The zero-order valence-corrected chi connectivity index (χ0v) is 15.2. The molecule has 1 aromatic carbocycles. The number of hydrogen-bond acceptors (Lipinski definition) is 3. The molecule has 0 amide bonds. The number of nitrogens with one attached hydrogen (secondary N) is 1. The SMILES string of the molecule is O=S1(=O)CCn2c(Cl)c(Cl)c(-c3ccc(-c4ccccc4)cn3)c2N1. The average molecular weight is 394 g/mol. The van der Waals surface area contributed by atoms with Gasteiger partial charge in [-0.25, -0.2) is 8.42 Å². The molecule has 128 valence electrons. The van der Waals surface area contributed by atoms with E-state index in [1.807, 2.05) is 42.5 Å². The van der Waals surface area contributed by atoms with Gasteiger partial charge < -0.3 is 4.57 Å². The Balaban J connectivity index is 1.81. The van der Waals surface area contributed by atoms with E-state index in [1.54, 1.807) is 10.8 Å². The van der Waals surface area contributed by atoms with Crippen LogP contribution in [0, 0.1) is 0 Å². The number of nitrogens with zero attached hydrogens (tertiary/aromatic N) is 2. The second-order valence-electron chi connectivity index (χ2n) is 5.70. The molecule has 0 fully saturated rings. The van der Waals surface area contributed by atoms with Gasteiger partial charge in [0.25, 0.3) is 0 Å². The predicted molar refractivity (Wildman–Crippen MR) is 101 cm³/mol. The summed E-state index contributed by atoms with van der Waals surface area (Å²) in [6, 6.07) is 13.6. The molecule has 0 radical (unpaired) electrons. The minimum absolute atomic E-state index is 0.0372. The topological polar surface area (TPSA) is 64.0 Å². The second kappa shape index (κ2) is 6.05. The largest absolute Gasteiger partial charge is 0.315 e. The van der Waals surface area contributed by atoms with Crippen molar-refractivity contribution in [1.29, 1.82) is 0 Å². The van der Waals surface area contributed by atoms with Gasteiger partial charge in [-0.15, -0.1) is 0 Å². The summed E-state index contributed by atoms with van der Waals surface area (Å²) in [7, 11) is -3.40. The first-order valence-corrected chi connectivity index (χ1v) is 9.97. The highest BCUT2D eigenvalue weighted by Gasteiger charge is 2.29. The molecule has 8 heteroatoms. The van der Waals surface area contributed by atoms with Crippen LogP contribution in [0.5, 0.6) is 0 Å². The van der Waals surface area contributed by atoms with Gasteiger partial charge in [-0.05, 0) is 11.6 Å². The molecule has 3 aromatic rings. The van der Waals surface area contributed by atoms with Crippen molar-refractivity contribution in [1.82, 2.24) is 9.55 Å². The maximum Gasteiger partial charge on any atom is 0.235 e. The summed E-state index contributed by atoms with van der Waals surface area (Å²) in [4.78, 5) is 4.46. The van der Waals surface area contributed by atoms with Gasteiger partial charge in [0.15, 0.2) is 0 Å². The molecule has 1 N–H and O–H groups in total. The Morgan fingerprint density at radius 2 is 1.80 bits per heavy atom. The summed E-state index contributed by atoms with van der Waals surface area (Å²) < 4.78 is 28.0. The minimum atomic E-state index is -3.40. The van der Waals surface area contributed by atoms with E-state index in [0.717, 1.165) is 11.1 Å². The molecule has 0 unspecified atom stereocenters. The number of anilines is 1. The van der Waals surface area contributed by atoms with E-state index in [-0.39, 0.29) is 12.3 Å². The molecule has 0 saturated carbocycles. The first kappa shape index (κ1) is 16.4. The highest BCUT2D eigenvalue weighted by atomic mass is 35.5. The molecule has 1 aliphatic heterocycles. The van der Waals surface area contributed by atoms with E-state index in [9.17, 15) is 8.42 Å². The Kier molecular flexibility index (Phi) is 3.98. The molecule has 1 aliphatic rings. The predicted octanol–water partition coefficient (Wildman–Crippen LogP) is 4.28. The van der Waals surface area contributed by atoms with Gasteiger partial charge >= 0.3 is 0 Å². The normalized spacial score (nSPS) is 15.4. The zero-order chi connectivity index (χ0) is 17.6. The molecule has 4 rings (SSSR count). The van der Waals surface area contributed by atoms with E-state index in [0.29, 0.717) is 27.3 Å². The molecule has 5 nitrogen and oxygen atoms in total. The van der Waals surface area contributed by atoms with Crippen molar-refractivity contribution in [3.05, 3.63) is 58.8 Å². The second-order valence-corrected chi connectivity index (χ2v) is 8.28. The third-order valence-electron chi connectivity index (χ3n) is 4.11. The van der Waals surface area contributed by atoms with Crippen molar-refractivity contribution < 1.29 is 8.42 Å². The lowest BCUT2D eigenvalue weighted by molar-refractivity contribution is 0.588. The van der Waals surface area contributed by atoms with Crippen molar-refractivity contribution in [2.45, 2.75) is 6.54 Å². The van der Waals surface area contributed by atoms with Crippen LogP contribution in [0.25, 0.3) is 22.4 Å². The molecule has 25 heavy (non-hydrogen) atoms. The summed E-state index contributed by atoms with van der Waals surface area (Å²) in [5, 5.41) is 0.601. The van der Waals surface area contributed by atoms with Gasteiger partial charge in [0.2, 0.25) is 10.0 Å². The smallest absolute Gasteiger partial charge is 0.235 e. The highest BCUT2D eigenvalue weighted by Crippen LogP contribution is 2.43. The van der Waals surface area contributed by atoms with Crippen molar-refractivity contribution >= 4 is 39.0 Å². The zero-order valence-electron chi connectivity index (χ0n) is 12.9. The maximum absolute atomic E-state index is 11.9. The van der Waals surface area contributed by atoms with Crippen molar-refractivity contribution in [3.63, 3.8) is 0 Å². The molecule has 0 aliphatic carbocycles. The highest BCUT2D eigenvalue weighted by molar-refractivity contribution is 7.92. The van der Waals surface area contributed by atoms with Crippen LogP contribution in [-0.2, 0) is 16.6 Å². The van der Waals surface area contributed by atoms with Crippen LogP contribution >= 0.6 is 23.2 Å². The Morgan fingerprint density at radius 3 is 2.48 bits per heavy atom. The summed E-state index contributed by atoms with van der Waals surface area (Å²) >= 11 is 12.6. The quantitative estimate of drug-likeness (QED) is 0.706. The van der Waals surface area contributed by atoms with Crippen molar-refractivity contribution in [2.24, 2.45) is 0 Å². The summed E-state index contributed by atoms with van der Waals surface area (Å²) in [5.41, 5.74) is 3.06. The van der Waals surface area contributed by atoms with Crippen LogP contribution < -0.4 is 4.72 Å². The fourth-order valence-corrected chi connectivity index (χ4v) is 4.45. The molecule has 0 saturated heterocycles. The number of halogens is 2. The van der Waals surface area contributed by atoms with Crippen LogP contribution in [0.15, 0.2) is 48.7 Å². The number of benzene rings is 1. The summed E-state index contributed by atoms with van der Waals surface area (Å²) in [6.45, 7) is 0.255. The third-order valence-corrected chi connectivity index (χ3v) is 6.19. The van der Waals surface area contributed by atoms with Gasteiger partial charge in [-0.1, -0.05) is 59.6 Å². The van der Waals surface area contributed by atoms with Gasteiger partial charge in [0, 0.05) is 18.3 Å². The lowest BCUT2D eigenvalue weighted by Gasteiger charge is -2.19. The number of hydrogen-bond donors (Lipinski definition) is 1. The van der Waals surface area contributed by atoms with Crippen LogP contribution in [0.2, 0.25) is 10.2 Å². The molecular weight excluding hydrogens is 381 g/mol. The Morgan fingerprint density at radius 1 is 1.04 bits per heavy atom. The van der Waals surface area contributed by atoms with E-state index < -0.39 is 10.0 Å². The van der Waals surface area contributed by atoms with Crippen LogP contribution in [-0.4, -0.2) is 23.7 Å². The Bertz CT molecular complexity index is 1050. The van der Waals surface area contributed by atoms with Gasteiger partial charge in [-0.2, -0.15) is 0 Å². The lowest BCUT2D eigenvalue weighted by atomic mass is 10.1. The number of sulfonamides is 1. The first-order valence-electron chi connectivity index (χ1n) is 7.56. The van der Waals surface area contributed by atoms with E-state index in [2.05, 4.69) is 9.71 Å². The molecular formula is C17H13Cl2N3O2S. The van der Waals surface area contributed by atoms with Crippen molar-refractivity contribution in [3.8, 4) is 22.4 Å².